The highest BCUT2D eigenvalue weighted by Gasteiger charge is 2.12. The molecule has 0 saturated heterocycles. The molecule has 0 unspecified atom stereocenters. The van der Waals surface area contributed by atoms with Gasteiger partial charge in [0.25, 0.3) is 5.69 Å². The molecule has 5 nitrogen and oxygen atoms in total. The third kappa shape index (κ3) is 4.68. The first-order valence-electron chi connectivity index (χ1n) is 5.33. The lowest BCUT2D eigenvalue weighted by Crippen LogP contribution is -2.13. The predicted octanol–water partition coefficient (Wildman–Crippen LogP) is 3.60. The number of rotatable bonds is 4. The molecule has 1 rings (SSSR count). The Kier molecular flexibility index (Phi) is 4.45. The monoisotopic (exact) mass is 301 g/mol. The van der Waals surface area contributed by atoms with Gasteiger partial charge in [-0.05, 0) is 27.8 Å². The maximum atomic E-state index is 10.5. The van der Waals surface area contributed by atoms with Gasteiger partial charge in [0.05, 0.1) is 9.40 Å². The zero-order valence-corrected chi connectivity index (χ0v) is 11.7. The van der Waals surface area contributed by atoms with E-state index in [0.717, 1.165) is 13.0 Å². The standard InChI is InChI=1S/C11H16BrN3O2/c1-11(2,3)4-5-13-10-9(12)6-8(7-14-10)15(16)17/h6-7H,4-5H2,1-3H3,(H,13,14). The average molecular weight is 302 g/mol. The minimum Gasteiger partial charge on any atom is -0.369 e. The third-order valence-corrected chi connectivity index (χ3v) is 2.81. The van der Waals surface area contributed by atoms with Crippen LogP contribution >= 0.6 is 15.9 Å². The predicted molar refractivity (Wildman–Crippen MR) is 71.2 cm³/mol. The van der Waals surface area contributed by atoms with Crippen LogP contribution in [0.1, 0.15) is 27.2 Å². The Labute approximate surface area is 109 Å². The van der Waals surface area contributed by atoms with Crippen molar-refractivity contribution in [2.24, 2.45) is 5.41 Å². The molecule has 0 aliphatic carbocycles. The van der Waals surface area contributed by atoms with Gasteiger partial charge in [-0.25, -0.2) is 4.98 Å². The fourth-order valence-electron chi connectivity index (χ4n) is 1.21. The molecule has 1 N–H and O–H groups in total. The van der Waals surface area contributed by atoms with Crippen molar-refractivity contribution in [3.8, 4) is 0 Å². The van der Waals surface area contributed by atoms with Crippen LogP contribution in [-0.2, 0) is 0 Å². The van der Waals surface area contributed by atoms with E-state index in [-0.39, 0.29) is 11.1 Å². The molecule has 1 heterocycles. The van der Waals surface area contributed by atoms with Gasteiger partial charge in [-0.2, -0.15) is 0 Å². The van der Waals surface area contributed by atoms with Crippen LogP contribution in [0.3, 0.4) is 0 Å². The smallest absolute Gasteiger partial charge is 0.288 e. The maximum Gasteiger partial charge on any atom is 0.288 e. The van der Waals surface area contributed by atoms with Crippen LogP contribution in [0.2, 0.25) is 0 Å². The average Bonchev–Trinajstić information content (AvgIpc) is 2.18. The molecule has 0 radical (unpaired) electrons. The van der Waals surface area contributed by atoms with E-state index in [1.807, 2.05) is 0 Å². The Morgan fingerprint density at radius 2 is 2.18 bits per heavy atom. The van der Waals surface area contributed by atoms with E-state index in [0.29, 0.717) is 10.3 Å². The summed E-state index contributed by atoms with van der Waals surface area (Å²) in [6.45, 7) is 7.26. The highest BCUT2D eigenvalue weighted by Crippen LogP contribution is 2.25. The van der Waals surface area contributed by atoms with Crippen LogP contribution in [0.5, 0.6) is 0 Å². The van der Waals surface area contributed by atoms with Gasteiger partial charge in [0, 0.05) is 12.6 Å². The van der Waals surface area contributed by atoms with Crippen molar-refractivity contribution in [1.29, 1.82) is 0 Å². The molecule has 0 saturated carbocycles. The molecule has 6 heteroatoms. The summed E-state index contributed by atoms with van der Waals surface area (Å²) in [7, 11) is 0. The summed E-state index contributed by atoms with van der Waals surface area (Å²) in [6, 6.07) is 1.45. The second-order valence-corrected chi connectivity index (χ2v) is 5.87. The molecular weight excluding hydrogens is 286 g/mol. The fraction of sp³-hybridized carbons (Fsp3) is 0.545. The van der Waals surface area contributed by atoms with Gasteiger partial charge in [0.1, 0.15) is 12.0 Å². The minimum absolute atomic E-state index is 0.0155. The van der Waals surface area contributed by atoms with Crippen molar-refractivity contribution in [3.05, 3.63) is 26.9 Å². The van der Waals surface area contributed by atoms with Gasteiger partial charge in [0.2, 0.25) is 0 Å². The summed E-state index contributed by atoms with van der Waals surface area (Å²) < 4.78 is 0.612. The second-order valence-electron chi connectivity index (χ2n) is 5.02. The number of nitrogens with zero attached hydrogens (tertiary/aromatic N) is 2. The van der Waals surface area contributed by atoms with E-state index < -0.39 is 4.92 Å². The number of nitrogens with one attached hydrogen (secondary N) is 1. The number of aromatic nitrogens is 1. The molecule has 0 fully saturated rings. The van der Waals surface area contributed by atoms with Crippen molar-refractivity contribution < 1.29 is 4.92 Å². The van der Waals surface area contributed by atoms with Crippen LogP contribution in [0.15, 0.2) is 16.7 Å². The van der Waals surface area contributed by atoms with E-state index in [4.69, 9.17) is 0 Å². The number of hydrogen-bond donors (Lipinski definition) is 1. The molecule has 1 aromatic heterocycles. The molecule has 0 aliphatic heterocycles. The van der Waals surface area contributed by atoms with Crippen LogP contribution < -0.4 is 5.32 Å². The summed E-state index contributed by atoms with van der Waals surface area (Å²) in [6.07, 6.45) is 2.25. The SMILES string of the molecule is CC(C)(C)CCNc1ncc([N+](=O)[O-])cc1Br. The zero-order chi connectivity index (χ0) is 13.1. The van der Waals surface area contributed by atoms with E-state index >= 15 is 0 Å². The van der Waals surface area contributed by atoms with Gasteiger partial charge in [0.15, 0.2) is 0 Å². The number of hydrogen-bond acceptors (Lipinski definition) is 4. The van der Waals surface area contributed by atoms with Crippen LogP contribution in [0.25, 0.3) is 0 Å². The first kappa shape index (κ1) is 13.9. The van der Waals surface area contributed by atoms with Crippen LogP contribution in [-0.4, -0.2) is 16.5 Å². The molecule has 0 aliphatic rings. The highest BCUT2D eigenvalue weighted by molar-refractivity contribution is 9.10. The Bertz CT molecular complexity index is 416. The lowest BCUT2D eigenvalue weighted by molar-refractivity contribution is -0.385. The molecule has 94 valence electrons. The number of nitro groups is 1. The van der Waals surface area contributed by atoms with Gasteiger partial charge in [-0.15, -0.1) is 0 Å². The van der Waals surface area contributed by atoms with Gasteiger partial charge < -0.3 is 5.32 Å². The Balaban J connectivity index is 2.64. The first-order valence-corrected chi connectivity index (χ1v) is 6.13. The Morgan fingerprint density at radius 1 is 1.53 bits per heavy atom. The quantitative estimate of drug-likeness (QED) is 0.681. The lowest BCUT2D eigenvalue weighted by Gasteiger charge is -2.18. The minimum atomic E-state index is -0.462. The van der Waals surface area contributed by atoms with E-state index in [2.05, 4.69) is 47.0 Å². The van der Waals surface area contributed by atoms with Crippen molar-refractivity contribution in [2.75, 3.05) is 11.9 Å². The summed E-state index contributed by atoms with van der Waals surface area (Å²) in [5.41, 5.74) is 0.235. The zero-order valence-electron chi connectivity index (χ0n) is 10.2. The number of halogens is 1. The van der Waals surface area contributed by atoms with Gasteiger partial charge in [-0.1, -0.05) is 20.8 Å². The van der Waals surface area contributed by atoms with E-state index in [9.17, 15) is 10.1 Å². The van der Waals surface area contributed by atoms with Crippen molar-refractivity contribution in [1.82, 2.24) is 4.98 Å². The van der Waals surface area contributed by atoms with Crippen molar-refractivity contribution in [2.45, 2.75) is 27.2 Å². The summed E-state index contributed by atoms with van der Waals surface area (Å²) in [5, 5.41) is 13.7. The van der Waals surface area contributed by atoms with Crippen LogP contribution in [0.4, 0.5) is 11.5 Å². The second kappa shape index (κ2) is 5.44. The molecule has 0 spiro atoms. The summed E-state index contributed by atoms with van der Waals surface area (Å²) in [4.78, 5) is 14.1. The summed E-state index contributed by atoms with van der Waals surface area (Å²) in [5.74, 6) is 0.639. The molecule has 17 heavy (non-hydrogen) atoms. The van der Waals surface area contributed by atoms with E-state index in [1.165, 1.54) is 12.3 Å². The van der Waals surface area contributed by atoms with Crippen LogP contribution in [0, 0.1) is 15.5 Å². The Morgan fingerprint density at radius 3 is 2.65 bits per heavy atom. The molecule has 1 aromatic rings. The Hall–Kier alpha value is -1.17. The summed E-state index contributed by atoms with van der Waals surface area (Å²) >= 11 is 3.27. The molecule has 0 amide bonds. The van der Waals surface area contributed by atoms with Gasteiger partial charge >= 0.3 is 0 Å². The largest absolute Gasteiger partial charge is 0.369 e. The van der Waals surface area contributed by atoms with Crippen molar-refractivity contribution in [3.63, 3.8) is 0 Å². The number of anilines is 1. The molecule has 0 bridgehead atoms. The fourth-order valence-corrected chi connectivity index (χ4v) is 1.69. The highest BCUT2D eigenvalue weighted by atomic mass is 79.9. The topological polar surface area (TPSA) is 68.1 Å². The van der Waals surface area contributed by atoms with E-state index in [1.54, 1.807) is 0 Å². The van der Waals surface area contributed by atoms with Gasteiger partial charge in [-0.3, -0.25) is 10.1 Å². The molecule has 0 atom stereocenters. The first-order chi connectivity index (χ1) is 7.79. The maximum absolute atomic E-state index is 10.5. The third-order valence-electron chi connectivity index (χ3n) is 2.21. The number of pyridine rings is 1. The van der Waals surface area contributed by atoms with Crippen molar-refractivity contribution >= 4 is 27.4 Å². The molecular formula is C11H16BrN3O2. The lowest BCUT2D eigenvalue weighted by atomic mass is 9.92. The molecule has 0 aromatic carbocycles. The normalized spacial score (nSPS) is 11.3.